The van der Waals surface area contributed by atoms with Crippen molar-refractivity contribution in [3.63, 3.8) is 0 Å². The number of nitro benzene ring substituents is 1. The van der Waals surface area contributed by atoms with Gasteiger partial charge in [0.05, 0.1) is 25.8 Å². The van der Waals surface area contributed by atoms with Crippen molar-refractivity contribution in [2.75, 3.05) is 36.8 Å². The summed E-state index contributed by atoms with van der Waals surface area (Å²) < 4.78 is 38.8. The van der Waals surface area contributed by atoms with Crippen molar-refractivity contribution in [1.82, 2.24) is 9.88 Å². The molecule has 188 valence electrons. The molecule has 2 aromatic carbocycles. The smallest absolute Gasteiger partial charge is 0.270 e. The van der Waals surface area contributed by atoms with Gasteiger partial charge < -0.3 is 4.90 Å². The Kier molecular flexibility index (Phi) is 8.87. The van der Waals surface area contributed by atoms with E-state index in [1.54, 1.807) is 6.07 Å². The normalized spacial score (nSPS) is 11.8. The first kappa shape index (κ1) is 26.6. The van der Waals surface area contributed by atoms with Crippen LogP contribution in [0.1, 0.15) is 26.7 Å². The third-order valence-electron chi connectivity index (χ3n) is 5.61. The number of carbonyl (C=O) groups excluding carboxylic acids is 1. The molecule has 3 rings (SSSR count). The molecule has 35 heavy (non-hydrogen) atoms. The quantitative estimate of drug-likeness (QED) is 0.198. The standard InChI is InChI=1S/C23H27FN4O5S2/c1-3-26(4-2)13-14-27(23-25-20-12-9-18(28(30)31)16-21(20)34-23)22(29)6-5-15-35(32,33)19-10-7-17(24)8-11-19/h7-12,16H,3-6,13-15H2,1-2H3. The summed E-state index contributed by atoms with van der Waals surface area (Å²) in [5, 5.41) is 11.5. The maximum Gasteiger partial charge on any atom is 0.270 e. The van der Waals surface area contributed by atoms with Gasteiger partial charge in [-0.3, -0.25) is 19.8 Å². The van der Waals surface area contributed by atoms with Gasteiger partial charge in [0.1, 0.15) is 5.82 Å². The minimum absolute atomic E-state index is 0.0116. The Morgan fingerprint density at radius 2 is 1.80 bits per heavy atom. The second-order valence-corrected chi connectivity index (χ2v) is 11.0. The lowest BCUT2D eigenvalue weighted by Crippen LogP contribution is -2.38. The molecule has 9 nitrogen and oxygen atoms in total. The van der Waals surface area contributed by atoms with E-state index in [1.165, 1.54) is 40.5 Å². The Balaban J connectivity index is 1.77. The first-order valence-electron chi connectivity index (χ1n) is 11.2. The fourth-order valence-corrected chi connectivity index (χ4v) is 5.90. The zero-order valence-electron chi connectivity index (χ0n) is 19.5. The highest BCUT2D eigenvalue weighted by Crippen LogP contribution is 2.32. The molecule has 0 saturated carbocycles. The lowest BCUT2D eigenvalue weighted by Gasteiger charge is -2.24. The zero-order chi connectivity index (χ0) is 25.6. The van der Waals surface area contributed by atoms with Crippen LogP contribution in [0.3, 0.4) is 0 Å². The van der Waals surface area contributed by atoms with Crippen molar-refractivity contribution in [2.45, 2.75) is 31.6 Å². The van der Waals surface area contributed by atoms with E-state index < -0.39 is 20.6 Å². The average Bonchev–Trinajstić information content (AvgIpc) is 3.25. The van der Waals surface area contributed by atoms with Crippen LogP contribution in [0.2, 0.25) is 0 Å². The molecule has 0 bridgehead atoms. The monoisotopic (exact) mass is 522 g/mol. The van der Waals surface area contributed by atoms with E-state index in [1.807, 2.05) is 13.8 Å². The summed E-state index contributed by atoms with van der Waals surface area (Å²) in [7, 11) is -3.65. The molecule has 0 aliphatic rings. The number of nitrogens with zero attached hydrogens (tertiary/aromatic N) is 4. The molecule has 0 unspecified atom stereocenters. The lowest BCUT2D eigenvalue weighted by molar-refractivity contribution is -0.384. The van der Waals surface area contributed by atoms with Gasteiger partial charge in [-0.05, 0) is 49.8 Å². The highest BCUT2D eigenvalue weighted by molar-refractivity contribution is 7.91. The van der Waals surface area contributed by atoms with E-state index in [2.05, 4.69) is 9.88 Å². The molecule has 1 aromatic heterocycles. The van der Waals surface area contributed by atoms with Gasteiger partial charge in [-0.2, -0.15) is 0 Å². The Hall–Kier alpha value is -2.96. The number of hydrogen-bond donors (Lipinski definition) is 0. The summed E-state index contributed by atoms with van der Waals surface area (Å²) in [6.45, 7) is 6.61. The average molecular weight is 523 g/mol. The van der Waals surface area contributed by atoms with Crippen molar-refractivity contribution in [3.05, 3.63) is 58.4 Å². The van der Waals surface area contributed by atoms with Gasteiger partial charge in [0.2, 0.25) is 5.91 Å². The summed E-state index contributed by atoms with van der Waals surface area (Å²) in [4.78, 5) is 32.0. The second-order valence-electron chi connectivity index (χ2n) is 7.85. The van der Waals surface area contributed by atoms with Crippen LogP contribution in [0.25, 0.3) is 10.2 Å². The summed E-state index contributed by atoms with van der Waals surface area (Å²) in [5.74, 6) is -1.05. The molecule has 0 radical (unpaired) electrons. The van der Waals surface area contributed by atoms with Crippen molar-refractivity contribution in [2.24, 2.45) is 0 Å². The number of amides is 1. The fraction of sp³-hybridized carbons (Fsp3) is 0.391. The van der Waals surface area contributed by atoms with E-state index in [-0.39, 0.29) is 35.1 Å². The summed E-state index contributed by atoms with van der Waals surface area (Å²) in [6.07, 6.45) is 0.0748. The number of fused-ring (bicyclic) bond motifs is 1. The van der Waals surface area contributed by atoms with Crippen LogP contribution < -0.4 is 4.90 Å². The number of aromatic nitrogens is 1. The largest absolute Gasteiger partial charge is 0.302 e. The number of carbonyl (C=O) groups is 1. The maximum atomic E-state index is 13.2. The number of halogens is 1. The van der Waals surface area contributed by atoms with Crippen LogP contribution in [0.5, 0.6) is 0 Å². The number of benzene rings is 2. The van der Waals surface area contributed by atoms with Crippen molar-refractivity contribution in [3.8, 4) is 0 Å². The summed E-state index contributed by atoms with van der Waals surface area (Å²) in [5.41, 5.74) is 0.495. The first-order valence-corrected chi connectivity index (χ1v) is 13.7. The minimum Gasteiger partial charge on any atom is -0.302 e. The van der Waals surface area contributed by atoms with E-state index in [0.29, 0.717) is 28.4 Å². The SMILES string of the molecule is CCN(CC)CCN(C(=O)CCCS(=O)(=O)c1ccc(F)cc1)c1nc2ccc([N+](=O)[O-])cc2s1. The highest BCUT2D eigenvalue weighted by Gasteiger charge is 2.22. The third-order valence-corrected chi connectivity index (χ3v) is 8.47. The van der Waals surface area contributed by atoms with Crippen molar-refractivity contribution < 1.29 is 22.5 Å². The van der Waals surface area contributed by atoms with Gasteiger partial charge in [-0.15, -0.1) is 0 Å². The van der Waals surface area contributed by atoms with E-state index in [0.717, 1.165) is 25.2 Å². The van der Waals surface area contributed by atoms with Crippen LogP contribution in [0, 0.1) is 15.9 Å². The lowest BCUT2D eigenvalue weighted by atomic mass is 10.3. The van der Waals surface area contributed by atoms with Gasteiger partial charge in [0.15, 0.2) is 15.0 Å². The highest BCUT2D eigenvalue weighted by atomic mass is 32.2. The molecule has 0 spiro atoms. The molecular formula is C23H27FN4O5S2. The van der Waals surface area contributed by atoms with Crippen LogP contribution in [-0.2, 0) is 14.6 Å². The minimum atomic E-state index is -3.65. The molecule has 0 aliphatic heterocycles. The van der Waals surface area contributed by atoms with Crippen LogP contribution in [0.4, 0.5) is 15.2 Å². The summed E-state index contributed by atoms with van der Waals surface area (Å²) in [6, 6.07) is 8.95. The van der Waals surface area contributed by atoms with Gasteiger partial charge in [0.25, 0.3) is 5.69 Å². The van der Waals surface area contributed by atoms with Gasteiger partial charge in [0, 0.05) is 31.6 Å². The number of likely N-dealkylation sites (N-methyl/N-ethyl adjacent to an activating group) is 1. The van der Waals surface area contributed by atoms with Gasteiger partial charge in [-0.25, -0.2) is 17.8 Å². The molecule has 12 heteroatoms. The van der Waals surface area contributed by atoms with E-state index in [9.17, 15) is 27.7 Å². The molecule has 3 aromatic rings. The zero-order valence-corrected chi connectivity index (χ0v) is 21.1. The van der Waals surface area contributed by atoms with Gasteiger partial charge in [-0.1, -0.05) is 25.2 Å². The van der Waals surface area contributed by atoms with E-state index >= 15 is 0 Å². The molecule has 0 N–H and O–H groups in total. The van der Waals surface area contributed by atoms with Crippen LogP contribution in [-0.4, -0.2) is 61.1 Å². The van der Waals surface area contributed by atoms with Crippen molar-refractivity contribution in [1.29, 1.82) is 0 Å². The van der Waals surface area contributed by atoms with Crippen LogP contribution >= 0.6 is 11.3 Å². The topological polar surface area (TPSA) is 114 Å². The molecular weight excluding hydrogens is 495 g/mol. The molecule has 1 amide bonds. The number of nitro groups is 1. The molecule has 1 heterocycles. The summed E-state index contributed by atoms with van der Waals surface area (Å²) >= 11 is 1.19. The number of thiazole rings is 1. The maximum absolute atomic E-state index is 13.2. The van der Waals surface area contributed by atoms with Gasteiger partial charge >= 0.3 is 0 Å². The first-order chi connectivity index (χ1) is 16.6. The Morgan fingerprint density at radius 1 is 1.11 bits per heavy atom. The Bertz CT molecular complexity index is 1290. The predicted molar refractivity (Wildman–Crippen MR) is 134 cm³/mol. The Morgan fingerprint density at radius 3 is 2.43 bits per heavy atom. The predicted octanol–water partition coefficient (Wildman–Crippen LogP) is 4.27. The fourth-order valence-electron chi connectivity index (χ4n) is 3.55. The van der Waals surface area contributed by atoms with Crippen molar-refractivity contribution >= 4 is 48.1 Å². The second kappa shape index (κ2) is 11.6. The molecule has 0 atom stereocenters. The number of sulfone groups is 1. The molecule has 0 aliphatic carbocycles. The molecule has 0 saturated heterocycles. The number of rotatable bonds is 12. The molecule has 0 fully saturated rings. The van der Waals surface area contributed by atoms with E-state index in [4.69, 9.17) is 0 Å². The number of hydrogen-bond acceptors (Lipinski definition) is 8. The number of non-ortho nitro benzene ring substituents is 1. The Labute approximate surface area is 207 Å². The van der Waals surface area contributed by atoms with Crippen LogP contribution in [0.15, 0.2) is 47.4 Å². The number of anilines is 1. The third kappa shape index (κ3) is 6.80.